The summed E-state index contributed by atoms with van der Waals surface area (Å²) in [6, 6.07) is 24.5. The van der Waals surface area contributed by atoms with Gasteiger partial charge in [-0.15, -0.1) is 0 Å². The first-order chi connectivity index (χ1) is 10.3. The standard InChI is InChI=1S/C19H12ClN/c20-14-10-11-15-16-8-4-5-9-18(16)21-19(17(15)12-14)13-6-2-1-3-7-13/h1-12H. The predicted octanol–water partition coefficient (Wildman–Crippen LogP) is 5.71. The van der Waals surface area contributed by atoms with E-state index in [0.29, 0.717) is 0 Å². The summed E-state index contributed by atoms with van der Waals surface area (Å²) in [5, 5.41) is 4.16. The summed E-state index contributed by atoms with van der Waals surface area (Å²) < 4.78 is 0. The molecule has 1 heterocycles. The van der Waals surface area contributed by atoms with Gasteiger partial charge in [0.25, 0.3) is 0 Å². The Morgan fingerprint density at radius 1 is 0.667 bits per heavy atom. The van der Waals surface area contributed by atoms with Crippen LogP contribution in [0.4, 0.5) is 0 Å². The second kappa shape index (κ2) is 4.87. The second-order valence-electron chi connectivity index (χ2n) is 5.03. The number of para-hydroxylation sites is 1. The molecular formula is C19H12ClN. The topological polar surface area (TPSA) is 12.9 Å². The molecule has 0 saturated carbocycles. The number of fused-ring (bicyclic) bond motifs is 3. The van der Waals surface area contributed by atoms with Crippen molar-refractivity contribution in [1.29, 1.82) is 0 Å². The van der Waals surface area contributed by atoms with Crippen molar-refractivity contribution in [2.75, 3.05) is 0 Å². The third kappa shape index (κ3) is 2.07. The molecule has 0 radical (unpaired) electrons. The molecule has 3 aromatic carbocycles. The van der Waals surface area contributed by atoms with E-state index in [1.54, 1.807) is 0 Å². The normalized spacial score (nSPS) is 11.1. The van der Waals surface area contributed by atoms with E-state index in [-0.39, 0.29) is 0 Å². The van der Waals surface area contributed by atoms with Crippen molar-refractivity contribution in [3.05, 3.63) is 77.8 Å². The van der Waals surface area contributed by atoms with Crippen LogP contribution in [0.25, 0.3) is 32.9 Å². The first-order valence-corrected chi connectivity index (χ1v) is 7.24. The van der Waals surface area contributed by atoms with Crippen molar-refractivity contribution < 1.29 is 0 Å². The molecule has 0 unspecified atom stereocenters. The van der Waals surface area contributed by atoms with Gasteiger partial charge in [0.05, 0.1) is 11.2 Å². The summed E-state index contributed by atoms with van der Waals surface area (Å²) in [5.41, 5.74) is 3.09. The summed E-state index contributed by atoms with van der Waals surface area (Å²) in [6.45, 7) is 0. The number of hydrogen-bond donors (Lipinski definition) is 0. The first kappa shape index (κ1) is 12.4. The molecule has 100 valence electrons. The Kier molecular flexibility index (Phi) is 2.87. The zero-order valence-electron chi connectivity index (χ0n) is 11.3. The van der Waals surface area contributed by atoms with E-state index in [9.17, 15) is 0 Å². The minimum Gasteiger partial charge on any atom is -0.247 e. The van der Waals surface area contributed by atoms with Crippen molar-refractivity contribution >= 4 is 33.3 Å². The Bertz CT molecular complexity index is 945. The summed E-state index contributed by atoms with van der Waals surface area (Å²) in [4.78, 5) is 4.86. The molecule has 0 spiro atoms. The molecular weight excluding hydrogens is 278 g/mol. The average molecular weight is 290 g/mol. The lowest BCUT2D eigenvalue weighted by Gasteiger charge is -2.10. The van der Waals surface area contributed by atoms with Gasteiger partial charge in [0.1, 0.15) is 0 Å². The summed E-state index contributed by atoms with van der Waals surface area (Å²) in [5.74, 6) is 0. The van der Waals surface area contributed by atoms with Crippen LogP contribution < -0.4 is 0 Å². The first-order valence-electron chi connectivity index (χ1n) is 6.86. The molecule has 2 heteroatoms. The van der Waals surface area contributed by atoms with E-state index in [4.69, 9.17) is 16.6 Å². The highest BCUT2D eigenvalue weighted by atomic mass is 35.5. The number of benzene rings is 3. The predicted molar refractivity (Wildman–Crippen MR) is 89.7 cm³/mol. The second-order valence-corrected chi connectivity index (χ2v) is 5.47. The van der Waals surface area contributed by atoms with Gasteiger partial charge < -0.3 is 0 Å². The smallest absolute Gasteiger partial charge is 0.0788 e. The molecule has 0 aliphatic carbocycles. The summed E-state index contributed by atoms with van der Waals surface area (Å²) >= 11 is 6.20. The van der Waals surface area contributed by atoms with Gasteiger partial charge in [0, 0.05) is 21.4 Å². The van der Waals surface area contributed by atoms with E-state index in [2.05, 4.69) is 30.3 Å². The number of halogens is 1. The monoisotopic (exact) mass is 289 g/mol. The van der Waals surface area contributed by atoms with E-state index < -0.39 is 0 Å². The molecule has 0 bridgehead atoms. The lowest BCUT2D eigenvalue weighted by molar-refractivity contribution is 1.43. The fourth-order valence-electron chi connectivity index (χ4n) is 2.74. The highest BCUT2D eigenvalue weighted by molar-refractivity contribution is 6.32. The SMILES string of the molecule is Clc1ccc2c(c1)c(-c1ccccc1)nc1ccccc12. The Labute approximate surface area is 127 Å². The largest absolute Gasteiger partial charge is 0.247 e. The number of aromatic nitrogens is 1. The van der Waals surface area contributed by atoms with Crippen molar-refractivity contribution in [2.24, 2.45) is 0 Å². The van der Waals surface area contributed by atoms with Crippen LogP contribution in [-0.4, -0.2) is 4.98 Å². The molecule has 0 atom stereocenters. The fourth-order valence-corrected chi connectivity index (χ4v) is 2.92. The van der Waals surface area contributed by atoms with Crippen LogP contribution in [0.15, 0.2) is 72.8 Å². The molecule has 1 nitrogen and oxygen atoms in total. The minimum absolute atomic E-state index is 0.733. The molecule has 4 aromatic rings. The van der Waals surface area contributed by atoms with Gasteiger partial charge in [-0.2, -0.15) is 0 Å². The lowest BCUT2D eigenvalue weighted by atomic mass is 10.0. The maximum Gasteiger partial charge on any atom is 0.0788 e. The summed E-state index contributed by atoms with van der Waals surface area (Å²) in [6.07, 6.45) is 0. The van der Waals surface area contributed by atoms with Gasteiger partial charge in [-0.05, 0) is 23.6 Å². The van der Waals surface area contributed by atoms with Crippen molar-refractivity contribution in [3.63, 3.8) is 0 Å². The molecule has 21 heavy (non-hydrogen) atoms. The maximum absolute atomic E-state index is 6.20. The van der Waals surface area contributed by atoms with Crippen LogP contribution in [0.1, 0.15) is 0 Å². The van der Waals surface area contributed by atoms with Crippen LogP contribution in [0.3, 0.4) is 0 Å². The van der Waals surface area contributed by atoms with Crippen molar-refractivity contribution in [1.82, 2.24) is 4.98 Å². The molecule has 0 N–H and O–H groups in total. The number of pyridine rings is 1. The summed E-state index contributed by atoms with van der Waals surface area (Å²) in [7, 11) is 0. The van der Waals surface area contributed by atoms with Crippen LogP contribution in [0.5, 0.6) is 0 Å². The maximum atomic E-state index is 6.20. The zero-order chi connectivity index (χ0) is 14.2. The third-order valence-corrected chi connectivity index (χ3v) is 3.95. The average Bonchev–Trinajstić information content (AvgIpc) is 2.54. The highest BCUT2D eigenvalue weighted by Crippen LogP contribution is 2.33. The van der Waals surface area contributed by atoms with E-state index in [1.807, 2.05) is 42.5 Å². The van der Waals surface area contributed by atoms with Crippen LogP contribution in [0, 0.1) is 0 Å². The van der Waals surface area contributed by atoms with E-state index in [0.717, 1.165) is 32.6 Å². The molecule has 0 saturated heterocycles. The molecule has 0 aliphatic rings. The van der Waals surface area contributed by atoms with Crippen LogP contribution in [0.2, 0.25) is 5.02 Å². The highest BCUT2D eigenvalue weighted by Gasteiger charge is 2.10. The minimum atomic E-state index is 0.733. The van der Waals surface area contributed by atoms with Gasteiger partial charge in [-0.3, -0.25) is 0 Å². The lowest BCUT2D eigenvalue weighted by Crippen LogP contribution is -1.89. The fraction of sp³-hybridized carbons (Fsp3) is 0. The van der Waals surface area contributed by atoms with Gasteiger partial charge in [-0.1, -0.05) is 66.2 Å². The van der Waals surface area contributed by atoms with Gasteiger partial charge >= 0.3 is 0 Å². The van der Waals surface area contributed by atoms with E-state index >= 15 is 0 Å². The van der Waals surface area contributed by atoms with Gasteiger partial charge in [-0.25, -0.2) is 4.98 Å². The van der Waals surface area contributed by atoms with Crippen molar-refractivity contribution in [3.8, 4) is 11.3 Å². The van der Waals surface area contributed by atoms with E-state index in [1.165, 1.54) is 5.39 Å². The Morgan fingerprint density at radius 2 is 1.43 bits per heavy atom. The van der Waals surface area contributed by atoms with Gasteiger partial charge in [0.2, 0.25) is 0 Å². The Balaban J connectivity index is 2.20. The zero-order valence-corrected chi connectivity index (χ0v) is 12.0. The third-order valence-electron chi connectivity index (χ3n) is 3.71. The molecule has 0 aliphatic heterocycles. The van der Waals surface area contributed by atoms with Crippen LogP contribution >= 0.6 is 11.6 Å². The van der Waals surface area contributed by atoms with Crippen molar-refractivity contribution in [2.45, 2.75) is 0 Å². The molecule has 1 aromatic heterocycles. The molecule has 4 rings (SSSR count). The molecule has 0 amide bonds. The van der Waals surface area contributed by atoms with Crippen LogP contribution in [-0.2, 0) is 0 Å². The van der Waals surface area contributed by atoms with Gasteiger partial charge in [0.15, 0.2) is 0 Å². The Morgan fingerprint density at radius 3 is 2.29 bits per heavy atom. The quantitative estimate of drug-likeness (QED) is 0.409. The number of rotatable bonds is 1. The number of hydrogen-bond acceptors (Lipinski definition) is 1. The Hall–Kier alpha value is -2.38. The molecule has 0 fully saturated rings. The number of nitrogens with zero attached hydrogens (tertiary/aromatic N) is 1.